The molecular formula is C23H26F2N4O6. The Bertz CT molecular complexity index is 1200. The lowest BCUT2D eigenvalue weighted by Gasteiger charge is -2.43. The van der Waals surface area contributed by atoms with Crippen molar-refractivity contribution in [2.45, 2.75) is 62.2 Å². The highest BCUT2D eigenvalue weighted by Gasteiger charge is 2.47. The summed E-state index contributed by atoms with van der Waals surface area (Å²) in [6.45, 7) is 0.989. The minimum absolute atomic E-state index is 0.0671. The first kappa shape index (κ1) is 23.9. The Balaban J connectivity index is 1.43. The molecular weight excluding hydrogens is 466 g/mol. The van der Waals surface area contributed by atoms with Crippen LogP contribution >= 0.6 is 0 Å². The van der Waals surface area contributed by atoms with Gasteiger partial charge in [0.25, 0.3) is 0 Å². The number of hydrogen-bond acceptors (Lipinski definition) is 9. The normalized spacial score (nSPS) is 30.5. The fourth-order valence-electron chi connectivity index (χ4n) is 4.61. The third-order valence-electron chi connectivity index (χ3n) is 6.71. The average Bonchev–Trinajstić information content (AvgIpc) is 3.21. The SMILES string of the molecule is CO[C@@H]1[C@@H](n2cc(-c3ccc(C)c(F)c3F)nn2)[C@@H](O)[C@@H](CO)O[C@@H]1Cc1cc([C@H]2C[C@H]2O)on1. The van der Waals surface area contributed by atoms with E-state index in [1.54, 1.807) is 6.07 Å². The van der Waals surface area contributed by atoms with Gasteiger partial charge in [-0.2, -0.15) is 0 Å². The van der Waals surface area contributed by atoms with Crippen LogP contribution in [0.2, 0.25) is 0 Å². The molecule has 7 atom stereocenters. The van der Waals surface area contributed by atoms with Crippen LogP contribution in [-0.4, -0.2) is 79.7 Å². The van der Waals surface area contributed by atoms with E-state index < -0.39 is 54.8 Å². The largest absolute Gasteiger partial charge is 0.394 e. The number of aromatic nitrogens is 4. The number of methoxy groups -OCH3 is 1. The first-order valence-corrected chi connectivity index (χ1v) is 11.3. The summed E-state index contributed by atoms with van der Waals surface area (Å²) in [5.41, 5.74) is 0.743. The van der Waals surface area contributed by atoms with Crippen LogP contribution in [0.5, 0.6) is 0 Å². The van der Waals surface area contributed by atoms with E-state index in [9.17, 15) is 24.1 Å². The standard InChI is InChI=1S/C23H26F2N4O6/c1-10-3-4-12(20(25)19(10)24)14-8-29(28-26-14)21-22(32)18(9-30)34-17(23(21)33-2)6-11-5-16(35-27-11)13-7-15(13)31/h3-5,8,13,15,17-18,21-23,30-32H,6-7,9H2,1-2H3/t13-,15+,17+,18+,21-,22-,23-/m0/s1. The lowest BCUT2D eigenvalue weighted by Crippen LogP contribution is -2.57. The summed E-state index contributed by atoms with van der Waals surface area (Å²) < 4.78 is 46.9. The summed E-state index contributed by atoms with van der Waals surface area (Å²) in [5, 5.41) is 42.5. The van der Waals surface area contributed by atoms with Crippen LogP contribution in [0.15, 0.2) is 28.9 Å². The summed E-state index contributed by atoms with van der Waals surface area (Å²) in [5.74, 6) is -1.49. The van der Waals surface area contributed by atoms with Gasteiger partial charge < -0.3 is 29.3 Å². The van der Waals surface area contributed by atoms with Gasteiger partial charge >= 0.3 is 0 Å². The van der Waals surface area contributed by atoms with E-state index in [1.165, 1.54) is 37.0 Å². The molecule has 2 aromatic heterocycles. The molecule has 0 unspecified atom stereocenters. The molecule has 3 N–H and O–H groups in total. The van der Waals surface area contributed by atoms with Gasteiger partial charge in [-0.05, 0) is 25.0 Å². The summed E-state index contributed by atoms with van der Waals surface area (Å²) in [4.78, 5) is 0. The maximum atomic E-state index is 14.5. The Morgan fingerprint density at radius 1 is 1.20 bits per heavy atom. The van der Waals surface area contributed by atoms with Crippen LogP contribution in [0, 0.1) is 18.6 Å². The maximum Gasteiger partial charge on any atom is 0.168 e. The van der Waals surface area contributed by atoms with Crippen LogP contribution in [0.25, 0.3) is 11.3 Å². The predicted octanol–water partition coefficient (Wildman–Crippen LogP) is 1.29. The maximum absolute atomic E-state index is 14.5. The van der Waals surface area contributed by atoms with Gasteiger partial charge in [-0.25, -0.2) is 13.5 Å². The highest BCUT2D eigenvalue weighted by atomic mass is 19.2. The Kier molecular flexibility index (Phi) is 6.40. The minimum Gasteiger partial charge on any atom is -0.394 e. The lowest BCUT2D eigenvalue weighted by atomic mass is 9.90. The second kappa shape index (κ2) is 9.36. The van der Waals surface area contributed by atoms with Crippen molar-refractivity contribution >= 4 is 0 Å². The quantitative estimate of drug-likeness (QED) is 0.446. The lowest BCUT2D eigenvalue weighted by molar-refractivity contribution is -0.212. The van der Waals surface area contributed by atoms with Gasteiger partial charge in [0, 0.05) is 31.1 Å². The minimum atomic E-state index is -1.23. The molecule has 2 aliphatic rings. The molecule has 188 valence electrons. The zero-order chi connectivity index (χ0) is 24.9. The smallest absolute Gasteiger partial charge is 0.168 e. The van der Waals surface area contributed by atoms with Crippen LogP contribution in [0.1, 0.15) is 35.4 Å². The Morgan fingerprint density at radius 2 is 1.97 bits per heavy atom. The third kappa shape index (κ3) is 4.36. The summed E-state index contributed by atoms with van der Waals surface area (Å²) in [7, 11) is 1.45. The van der Waals surface area contributed by atoms with Gasteiger partial charge in [0.05, 0.1) is 30.7 Å². The Hall–Kier alpha value is -2.77. The van der Waals surface area contributed by atoms with Crippen LogP contribution in [-0.2, 0) is 15.9 Å². The first-order chi connectivity index (χ1) is 16.8. The van der Waals surface area contributed by atoms with E-state index in [0.29, 0.717) is 17.9 Å². The van der Waals surface area contributed by atoms with Gasteiger partial charge in [-0.3, -0.25) is 0 Å². The van der Waals surface area contributed by atoms with Gasteiger partial charge in [-0.15, -0.1) is 5.10 Å². The second-order valence-electron chi connectivity index (χ2n) is 9.05. The van der Waals surface area contributed by atoms with E-state index in [4.69, 9.17) is 14.0 Å². The summed E-state index contributed by atoms with van der Waals surface area (Å²) in [6, 6.07) is 3.74. The highest BCUT2D eigenvalue weighted by molar-refractivity contribution is 5.59. The average molecular weight is 492 g/mol. The van der Waals surface area contributed by atoms with E-state index in [2.05, 4.69) is 15.5 Å². The van der Waals surface area contributed by atoms with Crippen molar-refractivity contribution in [2.75, 3.05) is 13.7 Å². The van der Waals surface area contributed by atoms with Gasteiger partial charge in [0.2, 0.25) is 0 Å². The highest BCUT2D eigenvalue weighted by Crippen LogP contribution is 2.41. The number of rotatable bonds is 7. The molecule has 12 heteroatoms. The Morgan fingerprint density at radius 3 is 2.66 bits per heavy atom. The fourth-order valence-corrected chi connectivity index (χ4v) is 4.61. The number of ether oxygens (including phenoxy) is 2. The number of aliphatic hydroxyl groups excluding tert-OH is 3. The molecule has 1 saturated carbocycles. The molecule has 0 amide bonds. The number of aliphatic hydroxyl groups is 3. The monoisotopic (exact) mass is 492 g/mol. The van der Waals surface area contributed by atoms with E-state index >= 15 is 0 Å². The number of aryl methyl sites for hydroxylation is 1. The zero-order valence-corrected chi connectivity index (χ0v) is 19.1. The molecule has 35 heavy (non-hydrogen) atoms. The van der Waals surface area contributed by atoms with E-state index in [-0.39, 0.29) is 29.2 Å². The topological polar surface area (TPSA) is 136 Å². The van der Waals surface area contributed by atoms with Crippen molar-refractivity contribution in [3.8, 4) is 11.3 Å². The van der Waals surface area contributed by atoms with Crippen molar-refractivity contribution in [1.29, 1.82) is 0 Å². The van der Waals surface area contributed by atoms with Crippen LogP contribution < -0.4 is 0 Å². The molecule has 1 aliphatic heterocycles. The molecule has 10 nitrogen and oxygen atoms in total. The molecule has 2 fully saturated rings. The molecule has 3 heterocycles. The Labute approximate surface area is 199 Å². The first-order valence-electron chi connectivity index (χ1n) is 11.3. The van der Waals surface area contributed by atoms with Crippen molar-refractivity contribution in [1.82, 2.24) is 20.2 Å². The number of hydrogen-bond donors (Lipinski definition) is 3. The molecule has 1 aliphatic carbocycles. The molecule has 0 radical (unpaired) electrons. The molecule has 0 bridgehead atoms. The van der Waals surface area contributed by atoms with Crippen LogP contribution in [0.3, 0.4) is 0 Å². The molecule has 5 rings (SSSR count). The molecule has 0 spiro atoms. The van der Waals surface area contributed by atoms with Crippen molar-refractivity contribution in [2.24, 2.45) is 0 Å². The van der Waals surface area contributed by atoms with Crippen molar-refractivity contribution in [3.63, 3.8) is 0 Å². The zero-order valence-electron chi connectivity index (χ0n) is 19.1. The van der Waals surface area contributed by atoms with Crippen LogP contribution in [0.4, 0.5) is 8.78 Å². The number of nitrogens with zero attached hydrogens (tertiary/aromatic N) is 4. The van der Waals surface area contributed by atoms with E-state index in [1.807, 2.05) is 0 Å². The van der Waals surface area contributed by atoms with Crippen molar-refractivity contribution in [3.05, 3.63) is 53.0 Å². The van der Waals surface area contributed by atoms with Gasteiger partial charge in [0.15, 0.2) is 11.6 Å². The van der Waals surface area contributed by atoms with E-state index in [0.717, 1.165) is 0 Å². The van der Waals surface area contributed by atoms with Gasteiger partial charge in [-0.1, -0.05) is 16.4 Å². The number of benzene rings is 1. The molecule has 1 saturated heterocycles. The second-order valence-corrected chi connectivity index (χ2v) is 9.05. The van der Waals surface area contributed by atoms with Crippen molar-refractivity contribution < 1.29 is 38.1 Å². The third-order valence-corrected chi connectivity index (χ3v) is 6.71. The predicted molar refractivity (Wildman–Crippen MR) is 115 cm³/mol. The molecule has 3 aromatic rings. The molecule has 1 aromatic carbocycles. The fraction of sp³-hybridized carbons (Fsp3) is 0.522. The summed E-state index contributed by atoms with van der Waals surface area (Å²) >= 11 is 0. The van der Waals surface area contributed by atoms with Gasteiger partial charge in [0.1, 0.15) is 35.8 Å². The summed E-state index contributed by atoms with van der Waals surface area (Å²) in [6.07, 6.45) is -1.78. The number of halogens is 2.